The highest BCUT2D eigenvalue weighted by Gasteiger charge is 2.12. The Morgan fingerprint density at radius 3 is 2.77 bits per heavy atom. The van der Waals surface area contributed by atoms with E-state index in [0.29, 0.717) is 0 Å². The van der Waals surface area contributed by atoms with Crippen molar-refractivity contribution in [3.63, 3.8) is 0 Å². The minimum Gasteiger partial charge on any atom is -0.381 e. The third kappa shape index (κ3) is 3.28. The Balaban J connectivity index is 1.75. The van der Waals surface area contributed by atoms with Crippen molar-refractivity contribution in [1.29, 1.82) is 0 Å². The van der Waals surface area contributed by atoms with E-state index >= 15 is 0 Å². The van der Waals surface area contributed by atoms with Gasteiger partial charge in [-0.3, -0.25) is 14.8 Å². The second kappa shape index (κ2) is 6.35. The SMILES string of the molecule is CC1=CC(c2cccc(CNc3ccncc3)c2)=NCC1=O. The van der Waals surface area contributed by atoms with Crippen molar-refractivity contribution in [3.05, 3.63) is 71.6 Å². The van der Waals surface area contributed by atoms with Crippen molar-refractivity contribution in [2.45, 2.75) is 13.5 Å². The lowest BCUT2D eigenvalue weighted by Gasteiger charge is -2.11. The van der Waals surface area contributed by atoms with E-state index in [-0.39, 0.29) is 12.3 Å². The van der Waals surface area contributed by atoms with Gasteiger partial charge in [-0.25, -0.2) is 0 Å². The van der Waals surface area contributed by atoms with E-state index in [1.54, 1.807) is 12.4 Å². The number of dihydropyridines is 1. The van der Waals surface area contributed by atoms with Crippen molar-refractivity contribution in [3.8, 4) is 0 Å². The largest absolute Gasteiger partial charge is 0.381 e. The number of rotatable bonds is 4. The van der Waals surface area contributed by atoms with Gasteiger partial charge >= 0.3 is 0 Å². The molecule has 110 valence electrons. The summed E-state index contributed by atoms with van der Waals surface area (Å²) in [5.74, 6) is 0.0965. The second-order valence-corrected chi connectivity index (χ2v) is 5.24. The van der Waals surface area contributed by atoms with E-state index in [9.17, 15) is 4.79 Å². The van der Waals surface area contributed by atoms with Crippen LogP contribution in [0.4, 0.5) is 5.69 Å². The van der Waals surface area contributed by atoms with Crippen LogP contribution in [0.5, 0.6) is 0 Å². The molecule has 2 aromatic rings. The van der Waals surface area contributed by atoms with Gasteiger partial charge in [-0.05, 0) is 42.3 Å². The molecule has 2 heterocycles. The van der Waals surface area contributed by atoms with Crippen LogP contribution < -0.4 is 5.32 Å². The smallest absolute Gasteiger partial charge is 0.180 e. The van der Waals surface area contributed by atoms with Crippen LogP contribution in [0.1, 0.15) is 18.1 Å². The summed E-state index contributed by atoms with van der Waals surface area (Å²) >= 11 is 0. The summed E-state index contributed by atoms with van der Waals surface area (Å²) < 4.78 is 0. The summed E-state index contributed by atoms with van der Waals surface area (Å²) in [7, 11) is 0. The third-order valence-corrected chi connectivity index (χ3v) is 3.59. The summed E-state index contributed by atoms with van der Waals surface area (Å²) in [6, 6.07) is 12.1. The first-order chi connectivity index (χ1) is 10.7. The molecule has 0 bridgehead atoms. The maximum atomic E-state index is 11.5. The topological polar surface area (TPSA) is 54.4 Å². The Kier molecular flexibility index (Phi) is 4.10. The number of carbonyl (C=O) groups excluding carboxylic acids is 1. The van der Waals surface area contributed by atoms with Crippen LogP contribution in [0.2, 0.25) is 0 Å². The molecule has 0 atom stereocenters. The Hall–Kier alpha value is -2.75. The number of nitrogens with zero attached hydrogens (tertiary/aromatic N) is 2. The van der Waals surface area contributed by atoms with Gasteiger partial charge in [-0.2, -0.15) is 0 Å². The molecule has 0 unspecified atom stereocenters. The molecule has 0 aliphatic carbocycles. The van der Waals surface area contributed by atoms with E-state index in [2.05, 4.69) is 27.4 Å². The predicted molar refractivity (Wildman–Crippen MR) is 88.2 cm³/mol. The maximum Gasteiger partial charge on any atom is 0.180 e. The first-order valence-electron chi connectivity index (χ1n) is 7.21. The maximum absolute atomic E-state index is 11.5. The monoisotopic (exact) mass is 291 g/mol. The van der Waals surface area contributed by atoms with Crippen LogP contribution in [-0.4, -0.2) is 23.0 Å². The molecule has 1 aliphatic rings. The van der Waals surface area contributed by atoms with Gasteiger partial charge in [0.05, 0.1) is 5.71 Å². The van der Waals surface area contributed by atoms with Crippen molar-refractivity contribution in [1.82, 2.24) is 4.98 Å². The molecule has 0 amide bonds. The standard InChI is InChI=1S/C18H17N3O/c1-13-9-17(21-12-18(13)22)15-4-2-3-14(10-15)11-20-16-5-7-19-8-6-16/h2-10H,11-12H2,1H3,(H,19,20). The Bertz CT molecular complexity index is 748. The van der Waals surface area contributed by atoms with Crippen molar-refractivity contribution < 1.29 is 4.79 Å². The van der Waals surface area contributed by atoms with Gasteiger partial charge in [0.15, 0.2) is 5.78 Å². The molecule has 0 spiro atoms. The molecule has 0 radical (unpaired) electrons. The lowest BCUT2D eigenvalue weighted by atomic mass is 10.0. The molecular formula is C18H17N3O. The highest BCUT2D eigenvalue weighted by molar-refractivity contribution is 6.16. The van der Waals surface area contributed by atoms with Crippen LogP contribution in [0.15, 0.2) is 65.4 Å². The lowest BCUT2D eigenvalue weighted by Crippen LogP contribution is -2.14. The number of benzene rings is 1. The number of hydrogen-bond donors (Lipinski definition) is 1. The number of nitrogens with one attached hydrogen (secondary N) is 1. The molecule has 4 heteroatoms. The minimum atomic E-state index is 0.0965. The summed E-state index contributed by atoms with van der Waals surface area (Å²) in [6.45, 7) is 2.82. The molecule has 0 saturated carbocycles. The quantitative estimate of drug-likeness (QED) is 0.942. The fourth-order valence-electron chi connectivity index (χ4n) is 2.30. The first kappa shape index (κ1) is 14.2. The second-order valence-electron chi connectivity index (χ2n) is 5.24. The zero-order valence-electron chi connectivity index (χ0n) is 12.4. The Morgan fingerprint density at radius 1 is 1.18 bits per heavy atom. The first-order valence-corrected chi connectivity index (χ1v) is 7.21. The number of aliphatic imine (C=N–C) groups is 1. The average Bonchev–Trinajstić information content (AvgIpc) is 2.57. The van der Waals surface area contributed by atoms with Crippen LogP contribution in [-0.2, 0) is 11.3 Å². The van der Waals surface area contributed by atoms with Gasteiger partial charge in [0.1, 0.15) is 6.54 Å². The fourth-order valence-corrected chi connectivity index (χ4v) is 2.30. The molecule has 0 saturated heterocycles. The van der Waals surface area contributed by atoms with Gasteiger partial charge in [-0.1, -0.05) is 18.2 Å². The average molecular weight is 291 g/mol. The molecule has 0 fully saturated rings. The molecule has 1 aromatic carbocycles. The molecule has 4 nitrogen and oxygen atoms in total. The zero-order valence-corrected chi connectivity index (χ0v) is 12.4. The number of allylic oxidation sites excluding steroid dienone is 1. The van der Waals surface area contributed by atoms with E-state index in [4.69, 9.17) is 0 Å². The van der Waals surface area contributed by atoms with Gasteiger partial charge in [0.25, 0.3) is 0 Å². The number of hydrogen-bond acceptors (Lipinski definition) is 4. The van der Waals surface area contributed by atoms with Gasteiger partial charge < -0.3 is 5.32 Å². The number of aromatic nitrogens is 1. The molecule has 22 heavy (non-hydrogen) atoms. The highest BCUT2D eigenvalue weighted by Crippen LogP contribution is 2.14. The summed E-state index contributed by atoms with van der Waals surface area (Å²) in [5.41, 5.74) is 4.89. The molecule has 1 aromatic heterocycles. The fraction of sp³-hybridized carbons (Fsp3) is 0.167. The Morgan fingerprint density at radius 2 is 2.00 bits per heavy atom. The van der Waals surface area contributed by atoms with Gasteiger partial charge in [0, 0.05) is 30.2 Å². The van der Waals surface area contributed by atoms with Crippen LogP contribution in [0, 0.1) is 0 Å². The molecule has 1 N–H and O–H groups in total. The molecule has 3 rings (SSSR count). The van der Waals surface area contributed by atoms with Gasteiger partial charge in [0.2, 0.25) is 0 Å². The number of ketones is 1. The zero-order chi connectivity index (χ0) is 15.4. The summed E-state index contributed by atoms with van der Waals surface area (Å²) in [5, 5.41) is 3.36. The van der Waals surface area contributed by atoms with Crippen molar-refractivity contribution >= 4 is 17.2 Å². The number of Topliss-reactive ketones (excluding diaryl/α,β-unsaturated/α-hetero) is 1. The summed E-state index contributed by atoms with van der Waals surface area (Å²) in [6.07, 6.45) is 5.39. The van der Waals surface area contributed by atoms with Gasteiger partial charge in [-0.15, -0.1) is 0 Å². The van der Waals surface area contributed by atoms with E-state index in [1.165, 1.54) is 5.56 Å². The van der Waals surface area contributed by atoms with Crippen molar-refractivity contribution in [2.75, 3.05) is 11.9 Å². The third-order valence-electron chi connectivity index (χ3n) is 3.59. The van der Waals surface area contributed by atoms with E-state index in [1.807, 2.05) is 37.3 Å². The minimum absolute atomic E-state index is 0.0965. The van der Waals surface area contributed by atoms with Crippen LogP contribution in [0.25, 0.3) is 0 Å². The van der Waals surface area contributed by atoms with E-state index in [0.717, 1.165) is 29.1 Å². The van der Waals surface area contributed by atoms with Crippen molar-refractivity contribution in [2.24, 2.45) is 4.99 Å². The summed E-state index contributed by atoms with van der Waals surface area (Å²) in [4.78, 5) is 19.9. The predicted octanol–water partition coefficient (Wildman–Crippen LogP) is 3.01. The van der Waals surface area contributed by atoms with Crippen LogP contribution in [0.3, 0.4) is 0 Å². The highest BCUT2D eigenvalue weighted by atomic mass is 16.1. The van der Waals surface area contributed by atoms with Crippen LogP contribution >= 0.6 is 0 Å². The van der Waals surface area contributed by atoms with E-state index < -0.39 is 0 Å². The number of anilines is 1. The lowest BCUT2D eigenvalue weighted by molar-refractivity contribution is -0.114. The number of pyridine rings is 1. The molecule has 1 aliphatic heterocycles. The number of carbonyl (C=O) groups is 1. The normalized spacial score (nSPS) is 14.3. The Labute approximate surface area is 129 Å². The molecular weight excluding hydrogens is 274 g/mol.